The van der Waals surface area contributed by atoms with Gasteiger partial charge in [0.1, 0.15) is 5.60 Å². The molecule has 0 saturated carbocycles. The first-order valence-electron chi connectivity index (χ1n) is 6.17. The molecule has 1 unspecified atom stereocenters. The second kappa shape index (κ2) is 6.82. The molecule has 0 aromatic carbocycles. The molecule has 1 aromatic rings. The van der Waals surface area contributed by atoms with Gasteiger partial charge in [-0.1, -0.05) is 19.0 Å². The molecule has 0 fully saturated rings. The normalized spacial score (nSPS) is 13.8. The van der Waals surface area contributed by atoms with Crippen LogP contribution in [0.15, 0.2) is 4.52 Å². The van der Waals surface area contributed by atoms with Crippen LogP contribution in [-0.4, -0.2) is 42.2 Å². The Kier molecular flexibility index (Phi) is 5.71. The second-order valence-corrected chi connectivity index (χ2v) is 4.23. The fraction of sp³-hybridized carbons (Fsp3) is 0.833. The third kappa shape index (κ3) is 3.28. The predicted molar refractivity (Wildman–Crippen MR) is 65.2 cm³/mol. The number of hydrogen-bond acceptors (Lipinski definition) is 6. The minimum Gasteiger partial charge on any atom is -0.390 e. The van der Waals surface area contributed by atoms with Gasteiger partial charge in [0.05, 0.1) is 19.1 Å². The van der Waals surface area contributed by atoms with E-state index in [2.05, 4.69) is 10.1 Å². The molecule has 104 valence electrons. The number of ether oxygens (including phenoxy) is 2. The molecule has 0 amide bonds. The summed E-state index contributed by atoms with van der Waals surface area (Å²) in [4.78, 5) is 4.30. The molecule has 6 heteroatoms. The summed E-state index contributed by atoms with van der Waals surface area (Å²) in [5.41, 5.74) is -0.506. The third-order valence-electron chi connectivity index (χ3n) is 3.18. The van der Waals surface area contributed by atoms with Crippen molar-refractivity contribution in [2.24, 2.45) is 0 Å². The van der Waals surface area contributed by atoms with E-state index < -0.39 is 11.7 Å². The molecule has 18 heavy (non-hydrogen) atoms. The van der Waals surface area contributed by atoms with E-state index in [0.29, 0.717) is 11.7 Å². The molecule has 1 aromatic heterocycles. The van der Waals surface area contributed by atoms with Crippen molar-refractivity contribution < 1.29 is 19.1 Å². The lowest BCUT2D eigenvalue weighted by molar-refractivity contribution is -0.0306. The van der Waals surface area contributed by atoms with Crippen molar-refractivity contribution in [1.82, 2.24) is 10.1 Å². The number of rotatable bonds is 8. The summed E-state index contributed by atoms with van der Waals surface area (Å²) >= 11 is 0. The van der Waals surface area contributed by atoms with Crippen LogP contribution >= 0.6 is 0 Å². The lowest BCUT2D eigenvalue weighted by Crippen LogP contribution is -2.28. The summed E-state index contributed by atoms with van der Waals surface area (Å²) in [5.74, 6) is 0.937. The van der Waals surface area contributed by atoms with Crippen LogP contribution in [0.2, 0.25) is 0 Å². The number of methoxy groups -OCH3 is 2. The van der Waals surface area contributed by atoms with Gasteiger partial charge in [-0.3, -0.25) is 0 Å². The summed E-state index contributed by atoms with van der Waals surface area (Å²) in [6, 6.07) is 0. The second-order valence-electron chi connectivity index (χ2n) is 4.23. The van der Waals surface area contributed by atoms with Crippen molar-refractivity contribution in [2.75, 3.05) is 20.8 Å². The SMILES string of the molecule is CCC(CC)(OC)c1noc(CC(O)COC)n1. The van der Waals surface area contributed by atoms with Gasteiger partial charge in [0.15, 0.2) is 0 Å². The van der Waals surface area contributed by atoms with Gasteiger partial charge in [-0.05, 0) is 12.8 Å². The van der Waals surface area contributed by atoms with Crippen LogP contribution in [0.3, 0.4) is 0 Å². The fourth-order valence-electron chi connectivity index (χ4n) is 1.92. The summed E-state index contributed by atoms with van der Waals surface area (Å²) < 4.78 is 15.5. The van der Waals surface area contributed by atoms with Crippen LogP contribution in [0.5, 0.6) is 0 Å². The standard InChI is InChI=1S/C12H22N2O4/c1-5-12(6-2,17-4)11-13-10(18-14-11)7-9(15)8-16-3/h9,15H,5-8H2,1-4H3. The molecule has 0 spiro atoms. The van der Waals surface area contributed by atoms with Gasteiger partial charge in [-0.2, -0.15) is 4.98 Å². The van der Waals surface area contributed by atoms with Crippen LogP contribution in [0.25, 0.3) is 0 Å². The highest BCUT2D eigenvalue weighted by Gasteiger charge is 2.33. The number of aliphatic hydroxyl groups excluding tert-OH is 1. The van der Waals surface area contributed by atoms with Crippen molar-refractivity contribution in [3.63, 3.8) is 0 Å². The Hall–Kier alpha value is -0.980. The minimum atomic E-state index is -0.636. The van der Waals surface area contributed by atoms with Crippen molar-refractivity contribution in [2.45, 2.75) is 44.8 Å². The Bertz CT molecular complexity index is 341. The van der Waals surface area contributed by atoms with Gasteiger partial charge in [-0.25, -0.2) is 0 Å². The average Bonchev–Trinajstić information content (AvgIpc) is 2.81. The molecule has 0 aliphatic rings. The first-order valence-corrected chi connectivity index (χ1v) is 6.17. The maximum Gasteiger partial charge on any atom is 0.229 e. The summed E-state index contributed by atoms with van der Waals surface area (Å²) in [5, 5.41) is 13.6. The number of hydrogen-bond donors (Lipinski definition) is 1. The lowest BCUT2D eigenvalue weighted by atomic mass is 9.96. The highest BCUT2D eigenvalue weighted by Crippen LogP contribution is 2.30. The van der Waals surface area contributed by atoms with Gasteiger partial charge in [-0.15, -0.1) is 0 Å². The monoisotopic (exact) mass is 258 g/mol. The van der Waals surface area contributed by atoms with Crippen molar-refractivity contribution in [3.05, 3.63) is 11.7 Å². The molecule has 1 heterocycles. The van der Waals surface area contributed by atoms with Gasteiger partial charge in [0.25, 0.3) is 0 Å². The largest absolute Gasteiger partial charge is 0.390 e. The Morgan fingerprint density at radius 1 is 1.33 bits per heavy atom. The quantitative estimate of drug-likeness (QED) is 0.757. The smallest absolute Gasteiger partial charge is 0.229 e. The number of nitrogens with zero attached hydrogens (tertiary/aromatic N) is 2. The van der Waals surface area contributed by atoms with Crippen molar-refractivity contribution in [3.8, 4) is 0 Å². The highest BCUT2D eigenvalue weighted by atomic mass is 16.5. The molecule has 1 rings (SSSR count). The molecule has 6 nitrogen and oxygen atoms in total. The molecular formula is C12H22N2O4. The van der Waals surface area contributed by atoms with E-state index >= 15 is 0 Å². The highest BCUT2D eigenvalue weighted by molar-refractivity contribution is 5.01. The molecular weight excluding hydrogens is 236 g/mol. The Morgan fingerprint density at radius 2 is 2.00 bits per heavy atom. The molecule has 0 bridgehead atoms. The molecule has 1 N–H and O–H groups in total. The molecule has 0 saturated heterocycles. The molecule has 0 aliphatic heterocycles. The van der Waals surface area contributed by atoms with Gasteiger partial charge >= 0.3 is 0 Å². The van der Waals surface area contributed by atoms with Crippen molar-refractivity contribution in [1.29, 1.82) is 0 Å². The maximum absolute atomic E-state index is 9.60. The third-order valence-corrected chi connectivity index (χ3v) is 3.18. The predicted octanol–water partition coefficient (Wildman–Crippen LogP) is 1.28. The van der Waals surface area contributed by atoms with Crippen LogP contribution in [0, 0.1) is 0 Å². The average molecular weight is 258 g/mol. The van der Waals surface area contributed by atoms with E-state index in [1.165, 1.54) is 7.11 Å². The summed E-state index contributed by atoms with van der Waals surface area (Å²) in [7, 11) is 3.18. The lowest BCUT2D eigenvalue weighted by Gasteiger charge is -2.25. The van der Waals surface area contributed by atoms with E-state index in [4.69, 9.17) is 14.0 Å². The molecule has 0 aliphatic carbocycles. The van der Waals surface area contributed by atoms with Gasteiger partial charge < -0.3 is 19.1 Å². The first kappa shape index (κ1) is 15.1. The molecule has 1 atom stereocenters. The fourth-order valence-corrected chi connectivity index (χ4v) is 1.92. The topological polar surface area (TPSA) is 77.6 Å². The van der Waals surface area contributed by atoms with Crippen LogP contribution in [-0.2, 0) is 21.5 Å². The minimum absolute atomic E-state index is 0.245. The zero-order valence-electron chi connectivity index (χ0n) is 11.5. The zero-order valence-corrected chi connectivity index (χ0v) is 11.5. The first-order chi connectivity index (χ1) is 8.61. The zero-order chi connectivity index (χ0) is 13.6. The summed E-state index contributed by atoms with van der Waals surface area (Å²) in [6.07, 6.45) is 1.18. The van der Waals surface area contributed by atoms with E-state index in [9.17, 15) is 5.11 Å². The number of aliphatic hydroxyl groups is 1. The summed E-state index contributed by atoms with van der Waals surface area (Å²) in [6.45, 7) is 4.28. The van der Waals surface area contributed by atoms with Gasteiger partial charge in [0, 0.05) is 14.2 Å². The van der Waals surface area contributed by atoms with Crippen LogP contribution in [0.4, 0.5) is 0 Å². The Labute approximate surface area is 107 Å². The maximum atomic E-state index is 9.60. The molecule has 0 radical (unpaired) electrons. The van der Waals surface area contributed by atoms with Crippen LogP contribution in [0.1, 0.15) is 38.4 Å². The van der Waals surface area contributed by atoms with E-state index in [1.54, 1.807) is 7.11 Å². The number of aromatic nitrogens is 2. The van der Waals surface area contributed by atoms with Crippen LogP contribution < -0.4 is 0 Å². The van der Waals surface area contributed by atoms with E-state index in [1.807, 2.05) is 13.8 Å². The van der Waals surface area contributed by atoms with E-state index in [-0.39, 0.29) is 13.0 Å². The Morgan fingerprint density at radius 3 is 2.50 bits per heavy atom. The van der Waals surface area contributed by atoms with Gasteiger partial charge in [0.2, 0.25) is 11.7 Å². The van der Waals surface area contributed by atoms with E-state index in [0.717, 1.165) is 12.8 Å². The Balaban J connectivity index is 2.78. The van der Waals surface area contributed by atoms with Crippen molar-refractivity contribution >= 4 is 0 Å².